The average molecular weight is 116 g/mol. The van der Waals surface area contributed by atoms with E-state index in [0.717, 1.165) is 11.9 Å². The molecule has 2 fully saturated rings. The summed E-state index contributed by atoms with van der Waals surface area (Å²) in [5.41, 5.74) is 0.619. The predicted molar refractivity (Wildman–Crippen MR) is 30.4 cm³/mol. The third-order valence-electron chi connectivity index (χ3n) is 1.45. The molecule has 0 bridgehead atoms. The Balaban J connectivity index is 1.95. The fourth-order valence-electron chi connectivity index (χ4n) is 0.962. The Morgan fingerprint density at radius 3 is 3.14 bits per heavy atom. The molecule has 40 valence electrons. The van der Waals surface area contributed by atoms with E-state index in [1.165, 1.54) is 12.8 Å². The molecular weight excluding hydrogens is 108 g/mol. The highest BCUT2D eigenvalue weighted by Gasteiger charge is 2.41. The first-order valence-corrected chi connectivity index (χ1v) is 3.68. The van der Waals surface area contributed by atoms with Crippen LogP contribution in [0.3, 0.4) is 0 Å². The Morgan fingerprint density at radius 1 is 1.57 bits per heavy atom. The van der Waals surface area contributed by atoms with Gasteiger partial charge in [0.25, 0.3) is 0 Å². The van der Waals surface area contributed by atoms with Gasteiger partial charge in [-0.15, -0.1) is 11.8 Å². The highest BCUT2D eigenvalue weighted by atomic mass is 32.2. The topological polar surface area (TPSA) is 9.23 Å². The second kappa shape index (κ2) is 1.39. The summed E-state index contributed by atoms with van der Waals surface area (Å²) in [6.45, 7) is 1.01. The van der Waals surface area contributed by atoms with Crippen molar-refractivity contribution < 1.29 is 4.74 Å². The van der Waals surface area contributed by atoms with Gasteiger partial charge in [-0.3, -0.25) is 0 Å². The minimum Gasteiger partial charge on any atom is -0.366 e. The minimum absolute atomic E-state index is 0.619. The molecule has 2 saturated heterocycles. The summed E-state index contributed by atoms with van der Waals surface area (Å²) in [7, 11) is 0. The molecule has 0 aromatic heterocycles. The number of thioether (sulfide) groups is 1. The molecule has 0 aromatic carbocycles. The van der Waals surface area contributed by atoms with Crippen LogP contribution in [0.1, 0.15) is 12.8 Å². The van der Waals surface area contributed by atoms with E-state index in [-0.39, 0.29) is 0 Å². The molecule has 2 aliphatic heterocycles. The summed E-state index contributed by atoms with van der Waals surface area (Å²) in [5, 5.41) is 0.897. The van der Waals surface area contributed by atoms with Crippen LogP contribution in [0.15, 0.2) is 0 Å². The maximum Gasteiger partial charge on any atom is 0.115 e. The minimum atomic E-state index is 0.619. The van der Waals surface area contributed by atoms with Gasteiger partial charge in [-0.25, -0.2) is 0 Å². The highest BCUT2D eigenvalue weighted by Crippen LogP contribution is 2.47. The number of rotatable bonds is 0. The van der Waals surface area contributed by atoms with E-state index in [1.54, 1.807) is 0 Å². The molecule has 0 aliphatic carbocycles. The van der Waals surface area contributed by atoms with Gasteiger partial charge in [0, 0.05) is 11.9 Å². The smallest absolute Gasteiger partial charge is 0.115 e. The lowest BCUT2D eigenvalue weighted by Gasteiger charge is -2.05. The first-order valence-electron chi connectivity index (χ1n) is 2.74. The van der Waals surface area contributed by atoms with Crippen LogP contribution in [0.25, 0.3) is 0 Å². The fourth-order valence-corrected chi connectivity index (χ4v) is 1.91. The Hall–Kier alpha value is 0.310. The molecule has 0 spiro atoms. The van der Waals surface area contributed by atoms with Gasteiger partial charge < -0.3 is 4.74 Å². The van der Waals surface area contributed by atoms with E-state index in [4.69, 9.17) is 4.74 Å². The summed E-state index contributed by atoms with van der Waals surface area (Å²) < 4.78 is 5.31. The molecule has 0 aromatic rings. The zero-order valence-electron chi connectivity index (χ0n) is 4.09. The lowest BCUT2D eigenvalue weighted by atomic mass is 10.2. The second-order valence-corrected chi connectivity index (χ2v) is 3.40. The number of hydrogen-bond donors (Lipinski definition) is 0. The highest BCUT2D eigenvalue weighted by molar-refractivity contribution is 8.07. The van der Waals surface area contributed by atoms with Gasteiger partial charge in [-0.05, 0) is 12.8 Å². The number of hydrogen-bond acceptors (Lipinski definition) is 2. The summed E-state index contributed by atoms with van der Waals surface area (Å²) >= 11 is 1.98. The van der Waals surface area contributed by atoms with Gasteiger partial charge in [0.15, 0.2) is 0 Å². The van der Waals surface area contributed by atoms with Crippen molar-refractivity contribution in [2.75, 3.05) is 6.61 Å². The normalized spacial score (nSPS) is 48.0. The second-order valence-electron chi connectivity index (χ2n) is 2.06. The molecule has 0 radical (unpaired) electrons. The molecule has 1 nitrogen and oxygen atoms in total. The van der Waals surface area contributed by atoms with Crippen molar-refractivity contribution in [1.82, 2.24) is 0 Å². The summed E-state index contributed by atoms with van der Waals surface area (Å²) in [4.78, 5) is 0. The van der Waals surface area contributed by atoms with Gasteiger partial charge in [-0.1, -0.05) is 0 Å². The molecule has 0 saturated carbocycles. The predicted octanol–water partition coefficient (Wildman–Crippen LogP) is 1.24. The van der Waals surface area contributed by atoms with Crippen molar-refractivity contribution >= 4 is 11.8 Å². The number of ether oxygens (including phenoxy) is 1. The van der Waals surface area contributed by atoms with Gasteiger partial charge in [-0.2, -0.15) is 0 Å². The Labute approximate surface area is 47.4 Å². The molecule has 2 heteroatoms. The Bertz CT molecular complexity index is 74.1. The van der Waals surface area contributed by atoms with Gasteiger partial charge in [0.05, 0.1) is 0 Å². The van der Waals surface area contributed by atoms with E-state index in [0.29, 0.717) is 5.44 Å². The SMILES string of the molecule is C1COC2SC2C1. The fraction of sp³-hybridized carbons (Fsp3) is 1.00. The molecule has 2 heterocycles. The molecule has 7 heavy (non-hydrogen) atoms. The molecule has 2 rings (SSSR count). The summed E-state index contributed by atoms with van der Waals surface area (Å²) in [6.07, 6.45) is 2.68. The lowest BCUT2D eigenvalue weighted by molar-refractivity contribution is 0.102. The van der Waals surface area contributed by atoms with Crippen molar-refractivity contribution in [2.45, 2.75) is 23.5 Å². The molecule has 0 N–H and O–H groups in total. The van der Waals surface area contributed by atoms with Gasteiger partial charge in [0.2, 0.25) is 0 Å². The molecule has 0 amide bonds. The average Bonchev–Trinajstić information content (AvgIpc) is 2.41. The van der Waals surface area contributed by atoms with Crippen molar-refractivity contribution in [3.8, 4) is 0 Å². The van der Waals surface area contributed by atoms with Crippen LogP contribution in [0.4, 0.5) is 0 Å². The van der Waals surface area contributed by atoms with Crippen molar-refractivity contribution in [3.63, 3.8) is 0 Å². The van der Waals surface area contributed by atoms with Gasteiger partial charge >= 0.3 is 0 Å². The standard InChI is InChI=1S/C5H8OS/c1-2-4-5(7-4)6-3-1/h4-5H,1-3H2. The molecular formula is C5H8OS. The van der Waals surface area contributed by atoms with Crippen LogP contribution in [0, 0.1) is 0 Å². The molecule has 2 unspecified atom stereocenters. The zero-order chi connectivity index (χ0) is 4.69. The van der Waals surface area contributed by atoms with Crippen molar-refractivity contribution in [2.24, 2.45) is 0 Å². The maximum atomic E-state index is 5.31. The quantitative estimate of drug-likeness (QED) is 0.440. The van der Waals surface area contributed by atoms with E-state index in [2.05, 4.69) is 0 Å². The van der Waals surface area contributed by atoms with Gasteiger partial charge in [0.1, 0.15) is 5.44 Å². The largest absolute Gasteiger partial charge is 0.366 e. The number of fused-ring (bicyclic) bond motifs is 1. The van der Waals surface area contributed by atoms with Crippen LogP contribution >= 0.6 is 11.8 Å². The maximum absolute atomic E-state index is 5.31. The van der Waals surface area contributed by atoms with Crippen LogP contribution in [-0.2, 0) is 4.74 Å². The third-order valence-corrected chi connectivity index (χ3v) is 2.70. The summed E-state index contributed by atoms with van der Waals surface area (Å²) in [6, 6.07) is 0. The lowest BCUT2D eigenvalue weighted by Crippen LogP contribution is -2.08. The van der Waals surface area contributed by atoms with E-state index in [9.17, 15) is 0 Å². The Morgan fingerprint density at radius 2 is 2.57 bits per heavy atom. The van der Waals surface area contributed by atoms with Crippen LogP contribution < -0.4 is 0 Å². The van der Waals surface area contributed by atoms with E-state index in [1.807, 2.05) is 11.8 Å². The van der Waals surface area contributed by atoms with E-state index < -0.39 is 0 Å². The van der Waals surface area contributed by atoms with Crippen molar-refractivity contribution in [3.05, 3.63) is 0 Å². The monoisotopic (exact) mass is 116 g/mol. The molecule has 2 aliphatic rings. The van der Waals surface area contributed by atoms with Crippen LogP contribution in [-0.4, -0.2) is 17.3 Å². The van der Waals surface area contributed by atoms with Crippen LogP contribution in [0.2, 0.25) is 0 Å². The van der Waals surface area contributed by atoms with Crippen molar-refractivity contribution in [1.29, 1.82) is 0 Å². The van der Waals surface area contributed by atoms with Crippen LogP contribution in [0.5, 0.6) is 0 Å². The first kappa shape index (κ1) is 4.21. The zero-order valence-corrected chi connectivity index (χ0v) is 4.91. The summed E-state index contributed by atoms with van der Waals surface area (Å²) in [5.74, 6) is 0. The first-order chi connectivity index (χ1) is 3.47. The van der Waals surface area contributed by atoms with E-state index >= 15 is 0 Å². The molecule has 2 atom stereocenters. The third kappa shape index (κ3) is 0.662. The Kier molecular flexibility index (Phi) is 0.837.